The summed E-state index contributed by atoms with van der Waals surface area (Å²) in [5.74, 6) is -1.36. The van der Waals surface area contributed by atoms with Crippen molar-refractivity contribution >= 4 is 172 Å². The van der Waals surface area contributed by atoms with E-state index in [0.29, 0.717) is 23.3 Å². The zero-order chi connectivity index (χ0) is 44.3. The van der Waals surface area contributed by atoms with Gasteiger partial charge >= 0.3 is 0 Å². The van der Waals surface area contributed by atoms with E-state index >= 15 is 0 Å². The Morgan fingerprint density at radius 3 is 1.00 bits per heavy atom. The van der Waals surface area contributed by atoms with Crippen LogP contribution in [0.5, 0.6) is 23.0 Å². The van der Waals surface area contributed by atoms with Gasteiger partial charge in [-0.2, -0.15) is 33.7 Å². The van der Waals surface area contributed by atoms with E-state index in [1.807, 2.05) is 0 Å². The topological polar surface area (TPSA) is 378 Å². The van der Waals surface area contributed by atoms with Gasteiger partial charge in [0.25, 0.3) is 40.5 Å². The van der Waals surface area contributed by atoms with Crippen LogP contribution in [0.4, 0.5) is 34.1 Å². The summed E-state index contributed by atoms with van der Waals surface area (Å²) >= 11 is 0. The molecule has 0 aromatic heterocycles. The maximum atomic E-state index is 12.0. The second-order valence-electron chi connectivity index (χ2n) is 12.4. The zero-order valence-corrected chi connectivity index (χ0v) is 37.5. The van der Waals surface area contributed by atoms with Crippen molar-refractivity contribution in [1.29, 1.82) is 0 Å². The van der Waals surface area contributed by atoms with Gasteiger partial charge in [-0.1, -0.05) is 24.3 Å². The molecule has 6 rings (SSSR count). The average molecular weight is 933 g/mol. The van der Waals surface area contributed by atoms with Gasteiger partial charge in [0.15, 0.2) is 11.5 Å². The SMILES string of the molecule is COc1cc(-c2ccc(N=Nc3ccc4c(S(=O)(=O)O)cc(S(=O)(=O)O)c(N)c4c3O)c(OC)c2)ccc1N=Nc1ccc2c(S(=O)(=O)O)cc(S(=O)(=O)O)c(N)c2c1O.[Li].[Li].[Li].[Li]. The number of ether oxygens (including phenoxy) is 2. The van der Waals surface area contributed by atoms with Crippen molar-refractivity contribution in [1.82, 2.24) is 0 Å². The van der Waals surface area contributed by atoms with E-state index in [1.165, 1.54) is 26.4 Å². The molecule has 0 saturated carbocycles. The summed E-state index contributed by atoms with van der Waals surface area (Å²) < 4.78 is 145. The summed E-state index contributed by atoms with van der Waals surface area (Å²) in [6.45, 7) is 0. The molecule has 0 heterocycles. The fraction of sp³-hybridized carbons (Fsp3) is 0.0588. The fourth-order valence-electron chi connectivity index (χ4n) is 6.02. The van der Waals surface area contributed by atoms with Gasteiger partial charge in [-0.25, -0.2) is 0 Å². The number of hydrogen-bond acceptors (Lipinski definition) is 18. The Kier molecular flexibility index (Phi) is 18.0. The largest absolute Gasteiger partial charge is 0.505 e. The number of nitrogens with zero attached hydrogens (tertiary/aromatic N) is 4. The predicted molar refractivity (Wildman–Crippen MR) is 236 cm³/mol. The van der Waals surface area contributed by atoms with Crippen LogP contribution < -0.4 is 20.9 Å². The van der Waals surface area contributed by atoms with Crippen molar-refractivity contribution in [3.8, 4) is 34.1 Å². The van der Waals surface area contributed by atoms with E-state index in [-0.39, 0.29) is 120 Å². The molecule has 0 atom stereocenters. The van der Waals surface area contributed by atoms with Gasteiger partial charge in [-0.05, 0) is 59.7 Å². The molecule has 0 aliphatic rings. The minimum Gasteiger partial charge on any atom is -0.505 e. The standard InChI is InChI=1S/C34H28N6O16S4.4Li/c1-55-23-11-15(3-7-19(23)37-39-21-9-5-17-25(57(43,44)45)13-27(59(49,50)51)31(35)29(17)33(21)41)16-4-8-20(24(12-16)56-2)38-40-22-10-6-18-26(58(46,47)48)14-28(60(52,53)54)32(36)30(18)34(22)42;;;;/h3-14,41-42H,35-36H2,1-2H3,(H,43,44,45)(H,46,47,48)(H,49,50,51)(H,52,53,54);;;;. The smallest absolute Gasteiger partial charge is 0.296 e. The number of nitrogens with two attached hydrogens (primary N) is 2. The van der Waals surface area contributed by atoms with E-state index < -0.39 is 93.7 Å². The molecule has 0 saturated heterocycles. The van der Waals surface area contributed by atoms with Gasteiger partial charge in [-0.3, -0.25) is 18.2 Å². The maximum Gasteiger partial charge on any atom is 0.296 e. The number of aromatic hydroxyl groups is 2. The van der Waals surface area contributed by atoms with Crippen LogP contribution in [0.15, 0.2) is 113 Å². The quantitative estimate of drug-likeness (QED) is 0.0382. The molecule has 64 heavy (non-hydrogen) atoms. The van der Waals surface area contributed by atoms with Gasteiger partial charge in [0.05, 0.1) is 36.4 Å². The number of anilines is 2. The Morgan fingerprint density at radius 2 is 0.719 bits per heavy atom. The number of phenols is 2. The number of rotatable bonds is 11. The van der Waals surface area contributed by atoms with Gasteiger partial charge in [0, 0.05) is 86.2 Å². The van der Waals surface area contributed by atoms with Gasteiger partial charge < -0.3 is 31.2 Å². The molecule has 0 fully saturated rings. The van der Waals surface area contributed by atoms with Crippen LogP contribution in [0.3, 0.4) is 0 Å². The number of hydrogen-bond donors (Lipinski definition) is 8. The number of benzene rings is 6. The van der Waals surface area contributed by atoms with Crippen LogP contribution in [0.2, 0.25) is 0 Å². The molecule has 22 nitrogen and oxygen atoms in total. The van der Waals surface area contributed by atoms with Crippen LogP contribution in [-0.4, -0.2) is 152 Å². The third-order valence-corrected chi connectivity index (χ3v) is 12.3. The molecule has 6 aromatic carbocycles. The second kappa shape index (κ2) is 20.6. The van der Waals surface area contributed by atoms with Gasteiger partial charge in [0.1, 0.15) is 53.8 Å². The molecule has 4 radical (unpaired) electrons. The van der Waals surface area contributed by atoms with Crippen molar-refractivity contribution in [3.05, 3.63) is 72.8 Å². The van der Waals surface area contributed by atoms with Gasteiger partial charge in [0.2, 0.25) is 0 Å². The van der Waals surface area contributed by atoms with Crippen LogP contribution in [0, 0.1) is 0 Å². The first kappa shape index (κ1) is 56.0. The fourth-order valence-corrected chi connectivity index (χ4v) is 8.89. The number of methoxy groups -OCH3 is 2. The average Bonchev–Trinajstić information content (AvgIpc) is 3.15. The van der Waals surface area contributed by atoms with Crippen LogP contribution in [-0.2, 0) is 40.5 Å². The van der Waals surface area contributed by atoms with E-state index in [4.69, 9.17) is 20.9 Å². The number of phenolic OH excluding ortho intramolecular Hbond substituents is 2. The minimum atomic E-state index is -5.13. The summed E-state index contributed by atoms with van der Waals surface area (Å²) in [7, 11) is -17.8. The van der Waals surface area contributed by atoms with Crippen molar-refractivity contribution in [2.24, 2.45) is 20.5 Å². The van der Waals surface area contributed by atoms with Crippen molar-refractivity contribution < 1.29 is 71.6 Å². The second-order valence-corrected chi connectivity index (χ2v) is 17.9. The van der Waals surface area contributed by atoms with Crippen LogP contribution in [0.25, 0.3) is 32.7 Å². The molecular weight excluding hydrogens is 904 g/mol. The molecular formula is C34H28Li4N6O16S4. The van der Waals surface area contributed by atoms with Crippen LogP contribution >= 0.6 is 0 Å². The first-order chi connectivity index (χ1) is 27.9. The summed E-state index contributed by atoms with van der Waals surface area (Å²) in [5.41, 5.74) is 11.0. The molecule has 0 aliphatic heterocycles. The Labute approximate surface area is 412 Å². The Hall–Kier alpha value is -4.13. The summed E-state index contributed by atoms with van der Waals surface area (Å²) in [4.78, 5) is -4.11. The summed E-state index contributed by atoms with van der Waals surface area (Å²) in [5, 5.41) is 36.3. The Balaban J connectivity index is 0.00000352. The van der Waals surface area contributed by atoms with Crippen molar-refractivity contribution in [2.45, 2.75) is 19.6 Å². The Bertz CT molecular complexity index is 3140. The van der Waals surface area contributed by atoms with E-state index in [2.05, 4.69) is 20.5 Å². The zero-order valence-electron chi connectivity index (χ0n) is 34.3. The molecule has 0 bridgehead atoms. The summed E-state index contributed by atoms with van der Waals surface area (Å²) in [6, 6.07) is 14.5. The van der Waals surface area contributed by atoms with Gasteiger partial charge in [-0.15, -0.1) is 20.5 Å². The predicted octanol–water partition coefficient (Wildman–Crippen LogP) is 4.55. The third-order valence-electron chi connectivity index (χ3n) is 8.77. The Morgan fingerprint density at radius 1 is 0.438 bits per heavy atom. The van der Waals surface area contributed by atoms with E-state index in [1.54, 1.807) is 24.3 Å². The van der Waals surface area contributed by atoms with Crippen molar-refractivity contribution in [2.75, 3.05) is 25.7 Å². The molecule has 30 heteroatoms. The van der Waals surface area contributed by atoms with Crippen molar-refractivity contribution in [3.63, 3.8) is 0 Å². The molecule has 10 N–H and O–H groups in total. The maximum absolute atomic E-state index is 12.0. The summed E-state index contributed by atoms with van der Waals surface area (Å²) in [6.07, 6.45) is 0. The monoisotopic (exact) mass is 932 g/mol. The molecule has 0 unspecified atom stereocenters. The molecule has 6 aromatic rings. The number of azo groups is 2. The van der Waals surface area contributed by atoms with Crippen LogP contribution in [0.1, 0.15) is 0 Å². The molecule has 0 amide bonds. The molecule has 318 valence electrons. The van der Waals surface area contributed by atoms with E-state index in [0.717, 1.165) is 24.3 Å². The normalized spacial score (nSPS) is 12.0. The first-order valence-electron chi connectivity index (χ1n) is 16.1. The number of nitrogen functional groups attached to an aromatic ring is 2. The molecule has 0 spiro atoms. The number of fused-ring (bicyclic) bond motifs is 2. The van der Waals surface area contributed by atoms with E-state index in [9.17, 15) is 62.1 Å². The third kappa shape index (κ3) is 11.1. The molecule has 0 aliphatic carbocycles. The first-order valence-corrected chi connectivity index (χ1v) is 21.9. The minimum absolute atomic E-state index is 0.